The van der Waals surface area contributed by atoms with Gasteiger partial charge in [0.2, 0.25) is 21.8 Å². The number of esters is 1. The number of sulfonamides is 1. The molecule has 2 aromatic carbocycles. The number of nitrogens with zero attached hydrogens (tertiary/aromatic N) is 2. The van der Waals surface area contributed by atoms with Crippen LogP contribution in [0, 0.1) is 18.8 Å². The molecular formula is C25H29N3O6S. The third kappa shape index (κ3) is 4.26. The summed E-state index contributed by atoms with van der Waals surface area (Å²) in [5, 5.41) is 3.08. The van der Waals surface area contributed by atoms with Crippen LogP contribution in [-0.2, 0) is 35.7 Å². The van der Waals surface area contributed by atoms with E-state index >= 15 is 0 Å². The van der Waals surface area contributed by atoms with E-state index < -0.39 is 51.2 Å². The highest BCUT2D eigenvalue weighted by Crippen LogP contribution is 2.44. The van der Waals surface area contributed by atoms with E-state index in [0.717, 1.165) is 20.3 Å². The molecule has 9 nitrogen and oxygen atoms in total. The Morgan fingerprint density at radius 3 is 2.31 bits per heavy atom. The van der Waals surface area contributed by atoms with Crippen LogP contribution in [0.5, 0.6) is 0 Å². The first-order chi connectivity index (χ1) is 16.5. The Kier molecular flexibility index (Phi) is 6.56. The van der Waals surface area contributed by atoms with Crippen molar-refractivity contribution in [2.75, 3.05) is 20.7 Å². The third-order valence-electron chi connectivity index (χ3n) is 6.96. The largest absolute Gasteiger partial charge is 0.468 e. The van der Waals surface area contributed by atoms with Crippen LogP contribution in [0.3, 0.4) is 0 Å². The van der Waals surface area contributed by atoms with E-state index in [0.29, 0.717) is 0 Å². The number of hydrogen-bond donors (Lipinski definition) is 1. The zero-order valence-electron chi connectivity index (χ0n) is 20.1. The van der Waals surface area contributed by atoms with E-state index in [1.807, 2.05) is 37.3 Å². The van der Waals surface area contributed by atoms with E-state index in [2.05, 4.69) is 5.32 Å². The van der Waals surface area contributed by atoms with Crippen molar-refractivity contribution in [1.29, 1.82) is 0 Å². The SMILES string of the molecule is COC(=O)[C@]1(C)N[C@H](CN(C)S(=O)(=O)c2ccc(C)cc2)[C@@H]2C(=O)N(Cc3ccccc3)C(=O)[C@@H]21. The summed E-state index contributed by atoms with van der Waals surface area (Å²) in [6.45, 7) is 3.36. The van der Waals surface area contributed by atoms with Gasteiger partial charge in [0.05, 0.1) is 30.4 Å². The summed E-state index contributed by atoms with van der Waals surface area (Å²) in [5.41, 5.74) is 0.225. The van der Waals surface area contributed by atoms with Gasteiger partial charge in [0.1, 0.15) is 5.54 Å². The van der Waals surface area contributed by atoms with Crippen LogP contribution in [0.2, 0.25) is 0 Å². The van der Waals surface area contributed by atoms with Gasteiger partial charge in [-0.2, -0.15) is 4.31 Å². The molecule has 2 heterocycles. The van der Waals surface area contributed by atoms with Gasteiger partial charge in [-0.05, 0) is 31.5 Å². The number of amides is 2. The number of hydrogen-bond acceptors (Lipinski definition) is 7. The Bertz CT molecular complexity index is 1250. The van der Waals surface area contributed by atoms with Crippen LogP contribution < -0.4 is 5.32 Å². The number of imide groups is 1. The van der Waals surface area contributed by atoms with E-state index in [-0.39, 0.29) is 18.0 Å². The maximum atomic E-state index is 13.5. The first-order valence-corrected chi connectivity index (χ1v) is 12.7. The molecule has 0 bridgehead atoms. The molecular weight excluding hydrogens is 470 g/mol. The number of benzene rings is 2. The molecule has 2 aliphatic rings. The summed E-state index contributed by atoms with van der Waals surface area (Å²) >= 11 is 0. The topological polar surface area (TPSA) is 113 Å². The molecule has 2 fully saturated rings. The van der Waals surface area contributed by atoms with Gasteiger partial charge < -0.3 is 4.74 Å². The highest BCUT2D eigenvalue weighted by atomic mass is 32.2. The Morgan fingerprint density at radius 1 is 1.09 bits per heavy atom. The van der Waals surface area contributed by atoms with Crippen molar-refractivity contribution < 1.29 is 27.5 Å². The van der Waals surface area contributed by atoms with E-state index in [4.69, 9.17) is 4.74 Å². The van der Waals surface area contributed by atoms with E-state index in [9.17, 15) is 22.8 Å². The van der Waals surface area contributed by atoms with Gasteiger partial charge in [0.15, 0.2) is 0 Å². The number of carbonyl (C=O) groups excluding carboxylic acids is 3. The van der Waals surface area contributed by atoms with Gasteiger partial charge in [-0.25, -0.2) is 8.42 Å². The maximum Gasteiger partial charge on any atom is 0.326 e. The molecule has 2 aromatic rings. The van der Waals surface area contributed by atoms with Crippen molar-refractivity contribution in [2.24, 2.45) is 11.8 Å². The number of ether oxygens (including phenoxy) is 1. The van der Waals surface area contributed by atoms with Crippen molar-refractivity contribution >= 4 is 27.8 Å². The predicted molar refractivity (Wildman–Crippen MR) is 127 cm³/mol. The fourth-order valence-electron chi connectivity index (χ4n) is 5.07. The maximum absolute atomic E-state index is 13.5. The van der Waals surface area contributed by atoms with Crippen LogP contribution >= 0.6 is 0 Å². The number of likely N-dealkylation sites (N-methyl/N-ethyl adjacent to an activating group) is 1. The smallest absolute Gasteiger partial charge is 0.326 e. The Labute approximate surface area is 205 Å². The molecule has 0 radical (unpaired) electrons. The molecule has 186 valence electrons. The standard InChI is InChI=1S/C25H29N3O6S/c1-16-10-12-18(13-11-16)35(32,33)27(3)15-19-20-21(25(2,26-19)24(31)34-4)23(30)28(22(20)29)14-17-8-6-5-7-9-17/h5-13,19-21,26H,14-15H2,1-4H3/t19-,20+,21-,25-/m1/s1. The Morgan fingerprint density at radius 2 is 1.71 bits per heavy atom. The number of carbonyl (C=O) groups is 3. The minimum atomic E-state index is -3.86. The zero-order valence-corrected chi connectivity index (χ0v) is 20.9. The lowest BCUT2D eigenvalue weighted by molar-refractivity contribution is -0.153. The van der Waals surface area contributed by atoms with Crippen molar-refractivity contribution in [1.82, 2.24) is 14.5 Å². The molecule has 2 aliphatic heterocycles. The van der Waals surface area contributed by atoms with Gasteiger partial charge in [0.25, 0.3) is 0 Å². The molecule has 0 aromatic heterocycles. The number of aryl methyl sites for hydroxylation is 1. The fourth-order valence-corrected chi connectivity index (χ4v) is 6.27. The summed E-state index contributed by atoms with van der Waals surface area (Å²) in [4.78, 5) is 41.0. The van der Waals surface area contributed by atoms with Crippen molar-refractivity contribution in [2.45, 2.75) is 36.9 Å². The van der Waals surface area contributed by atoms with Crippen LogP contribution in [0.1, 0.15) is 18.1 Å². The van der Waals surface area contributed by atoms with Gasteiger partial charge >= 0.3 is 5.97 Å². The quantitative estimate of drug-likeness (QED) is 0.452. The lowest BCUT2D eigenvalue weighted by Crippen LogP contribution is -2.56. The van der Waals surface area contributed by atoms with Gasteiger partial charge in [-0.15, -0.1) is 0 Å². The molecule has 4 rings (SSSR count). The molecule has 0 spiro atoms. The van der Waals surface area contributed by atoms with Crippen LogP contribution in [0.4, 0.5) is 0 Å². The molecule has 10 heteroatoms. The second-order valence-corrected chi connectivity index (χ2v) is 11.3. The molecule has 1 N–H and O–H groups in total. The first-order valence-electron chi connectivity index (χ1n) is 11.3. The van der Waals surface area contributed by atoms with E-state index in [1.54, 1.807) is 12.1 Å². The molecule has 0 saturated carbocycles. The van der Waals surface area contributed by atoms with Crippen LogP contribution in [-0.4, -0.2) is 67.7 Å². The average molecular weight is 500 g/mol. The lowest BCUT2D eigenvalue weighted by Gasteiger charge is -2.29. The number of nitrogens with one attached hydrogen (secondary N) is 1. The first kappa shape index (κ1) is 25.0. The number of likely N-dealkylation sites (tertiary alicyclic amines) is 1. The Hall–Kier alpha value is -3.08. The molecule has 2 saturated heterocycles. The molecule has 2 amide bonds. The van der Waals surface area contributed by atoms with Crippen molar-refractivity contribution in [3.63, 3.8) is 0 Å². The zero-order chi connectivity index (χ0) is 25.5. The summed E-state index contributed by atoms with van der Waals surface area (Å²) in [5.74, 6) is -3.51. The number of methoxy groups -OCH3 is 1. The van der Waals surface area contributed by atoms with Crippen LogP contribution in [0.25, 0.3) is 0 Å². The third-order valence-corrected chi connectivity index (χ3v) is 8.80. The van der Waals surface area contributed by atoms with Gasteiger partial charge in [0, 0.05) is 19.6 Å². The monoisotopic (exact) mass is 499 g/mol. The lowest BCUT2D eigenvalue weighted by atomic mass is 9.81. The Balaban J connectivity index is 1.65. The van der Waals surface area contributed by atoms with Gasteiger partial charge in [-0.3, -0.25) is 24.6 Å². The molecule has 0 unspecified atom stereocenters. The number of fused-ring (bicyclic) bond motifs is 1. The summed E-state index contributed by atoms with van der Waals surface area (Å²) < 4.78 is 32.5. The predicted octanol–water partition coefficient (Wildman–Crippen LogP) is 1.32. The minimum Gasteiger partial charge on any atom is -0.468 e. The van der Waals surface area contributed by atoms with Crippen molar-refractivity contribution in [3.8, 4) is 0 Å². The average Bonchev–Trinajstić information content (AvgIpc) is 3.27. The van der Waals surface area contributed by atoms with Crippen molar-refractivity contribution in [3.05, 3.63) is 65.7 Å². The second kappa shape index (κ2) is 9.18. The normalized spacial score (nSPS) is 26.3. The number of rotatable bonds is 7. The minimum absolute atomic E-state index is 0.0764. The van der Waals surface area contributed by atoms with Gasteiger partial charge in [-0.1, -0.05) is 48.0 Å². The molecule has 0 aliphatic carbocycles. The second-order valence-electron chi connectivity index (χ2n) is 9.30. The van der Waals surface area contributed by atoms with E-state index in [1.165, 1.54) is 33.2 Å². The summed E-state index contributed by atoms with van der Waals surface area (Å²) in [6.07, 6.45) is 0. The molecule has 35 heavy (non-hydrogen) atoms. The highest BCUT2D eigenvalue weighted by molar-refractivity contribution is 7.89. The fraction of sp³-hybridized carbons (Fsp3) is 0.400. The summed E-state index contributed by atoms with van der Waals surface area (Å²) in [6, 6.07) is 14.8. The summed E-state index contributed by atoms with van der Waals surface area (Å²) in [7, 11) is -1.22. The highest BCUT2D eigenvalue weighted by Gasteiger charge is 2.66. The molecule has 4 atom stereocenters. The van der Waals surface area contributed by atoms with Crippen LogP contribution in [0.15, 0.2) is 59.5 Å².